The summed E-state index contributed by atoms with van der Waals surface area (Å²) in [5.41, 5.74) is 0.342. The van der Waals surface area contributed by atoms with Crippen LogP contribution in [0.15, 0.2) is 24.3 Å². The average molecular weight is 338 g/mol. The summed E-state index contributed by atoms with van der Waals surface area (Å²) in [6.07, 6.45) is -4.37. The number of rotatable bonds is 3. The number of likely N-dealkylation sites (tertiary alicyclic amines) is 1. The van der Waals surface area contributed by atoms with E-state index in [9.17, 15) is 18.0 Å². The molecule has 0 aliphatic carbocycles. The van der Waals surface area contributed by atoms with Crippen LogP contribution in [-0.2, 0) is 11.3 Å². The average Bonchev–Trinajstić information content (AvgIpc) is 2.58. The molecular formula is C12H11BrF3NO2. The first-order chi connectivity index (χ1) is 8.85. The van der Waals surface area contributed by atoms with Crippen LogP contribution < -0.4 is 4.74 Å². The molecule has 1 aromatic rings. The first-order valence-electron chi connectivity index (χ1n) is 5.60. The standard InChI is InChI=1S/C12H11BrF3NO2/c13-9-5-11(18)17(7-9)6-8-3-1-2-4-10(8)19-12(14,15)16/h1-4,9H,5-7H2. The lowest BCUT2D eigenvalue weighted by molar-refractivity contribution is -0.275. The molecule has 1 heterocycles. The molecule has 0 N–H and O–H groups in total. The van der Waals surface area contributed by atoms with Crippen LogP contribution in [0.1, 0.15) is 12.0 Å². The minimum Gasteiger partial charge on any atom is -0.405 e. The molecule has 1 aliphatic rings. The van der Waals surface area contributed by atoms with Gasteiger partial charge in [0.15, 0.2) is 0 Å². The van der Waals surface area contributed by atoms with Crippen molar-refractivity contribution < 1.29 is 22.7 Å². The molecule has 1 unspecified atom stereocenters. The molecule has 0 spiro atoms. The molecule has 1 aliphatic heterocycles. The molecule has 0 aromatic heterocycles. The van der Waals surface area contributed by atoms with E-state index in [-0.39, 0.29) is 23.0 Å². The van der Waals surface area contributed by atoms with Crippen molar-refractivity contribution in [2.24, 2.45) is 0 Å². The fraction of sp³-hybridized carbons (Fsp3) is 0.417. The Kier molecular flexibility index (Phi) is 4.03. The maximum absolute atomic E-state index is 12.3. The van der Waals surface area contributed by atoms with E-state index < -0.39 is 6.36 Å². The van der Waals surface area contributed by atoms with E-state index >= 15 is 0 Å². The fourth-order valence-electron chi connectivity index (χ4n) is 1.94. The van der Waals surface area contributed by atoms with E-state index in [1.54, 1.807) is 6.07 Å². The largest absolute Gasteiger partial charge is 0.573 e. The molecule has 0 bridgehead atoms. The second-order valence-corrected chi connectivity index (χ2v) is 5.53. The predicted octanol–water partition coefficient (Wildman–Crippen LogP) is 3.08. The molecular weight excluding hydrogens is 327 g/mol. The fourth-order valence-corrected chi connectivity index (χ4v) is 2.57. The Labute approximate surface area is 116 Å². The molecule has 0 radical (unpaired) electrons. The minimum atomic E-state index is -4.73. The van der Waals surface area contributed by atoms with Gasteiger partial charge in [-0.05, 0) is 6.07 Å². The zero-order valence-corrected chi connectivity index (χ0v) is 11.4. The Balaban J connectivity index is 2.14. The van der Waals surface area contributed by atoms with Crippen molar-refractivity contribution in [1.29, 1.82) is 0 Å². The van der Waals surface area contributed by atoms with E-state index in [0.29, 0.717) is 18.5 Å². The second kappa shape index (κ2) is 5.40. The number of hydrogen-bond acceptors (Lipinski definition) is 2. The number of carbonyl (C=O) groups excluding carboxylic acids is 1. The van der Waals surface area contributed by atoms with E-state index in [0.717, 1.165) is 0 Å². The quantitative estimate of drug-likeness (QED) is 0.793. The normalized spacial score (nSPS) is 19.9. The number of amides is 1. The van der Waals surface area contributed by atoms with Crippen molar-refractivity contribution in [3.8, 4) is 5.75 Å². The van der Waals surface area contributed by atoms with Gasteiger partial charge in [0.1, 0.15) is 5.75 Å². The monoisotopic (exact) mass is 337 g/mol. The second-order valence-electron chi connectivity index (χ2n) is 4.23. The van der Waals surface area contributed by atoms with Gasteiger partial charge in [-0.15, -0.1) is 13.2 Å². The van der Waals surface area contributed by atoms with Gasteiger partial charge in [0, 0.05) is 29.9 Å². The molecule has 1 aromatic carbocycles. The van der Waals surface area contributed by atoms with Gasteiger partial charge in [0.25, 0.3) is 0 Å². The molecule has 7 heteroatoms. The third-order valence-corrected chi connectivity index (χ3v) is 3.34. The highest BCUT2D eigenvalue weighted by atomic mass is 79.9. The van der Waals surface area contributed by atoms with Gasteiger partial charge in [-0.3, -0.25) is 4.79 Å². The number of benzene rings is 1. The number of alkyl halides is 4. The van der Waals surface area contributed by atoms with Gasteiger partial charge in [-0.25, -0.2) is 0 Å². The van der Waals surface area contributed by atoms with Crippen LogP contribution in [0.3, 0.4) is 0 Å². The van der Waals surface area contributed by atoms with Gasteiger partial charge >= 0.3 is 6.36 Å². The van der Waals surface area contributed by atoms with Crippen LogP contribution in [0.4, 0.5) is 13.2 Å². The van der Waals surface area contributed by atoms with Crippen molar-refractivity contribution in [3.05, 3.63) is 29.8 Å². The molecule has 19 heavy (non-hydrogen) atoms. The van der Waals surface area contributed by atoms with Gasteiger partial charge in [0.2, 0.25) is 5.91 Å². The highest BCUT2D eigenvalue weighted by Gasteiger charge is 2.33. The lowest BCUT2D eigenvalue weighted by Crippen LogP contribution is -2.26. The molecule has 1 atom stereocenters. The summed E-state index contributed by atoms with van der Waals surface area (Å²) in [6.45, 7) is 0.604. The number of hydrogen-bond donors (Lipinski definition) is 0. The van der Waals surface area contributed by atoms with Gasteiger partial charge in [-0.1, -0.05) is 34.1 Å². The van der Waals surface area contributed by atoms with Gasteiger partial charge in [-0.2, -0.15) is 0 Å². The summed E-state index contributed by atoms with van der Waals surface area (Å²) in [5.74, 6) is -0.343. The van der Waals surface area contributed by atoms with Crippen LogP contribution in [0, 0.1) is 0 Å². The summed E-state index contributed by atoms with van der Waals surface area (Å²) in [4.78, 5) is 13.2. The van der Waals surface area contributed by atoms with Crippen molar-refractivity contribution in [2.45, 2.75) is 24.2 Å². The first kappa shape index (κ1) is 14.2. The molecule has 104 valence electrons. The SMILES string of the molecule is O=C1CC(Br)CN1Cc1ccccc1OC(F)(F)F. The Morgan fingerprint density at radius 1 is 1.37 bits per heavy atom. The lowest BCUT2D eigenvalue weighted by atomic mass is 10.2. The topological polar surface area (TPSA) is 29.5 Å². The first-order valence-corrected chi connectivity index (χ1v) is 6.52. The highest BCUT2D eigenvalue weighted by molar-refractivity contribution is 9.09. The third-order valence-electron chi connectivity index (χ3n) is 2.73. The van der Waals surface area contributed by atoms with Crippen LogP contribution in [0.5, 0.6) is 5.75 Å². The zero-order chi connectivity index (χ0) is 14.0. The number of carbonyl (C=O) groups is 1. The summed E-state index contributed by atoms with van der Waals surface area (Å²) in [5, 5.41) is 0. The van der Waals surface area contributed by atoms with Crippen LogP contribution in [-0.4, -0.2) is 28.5 Å². The van der Waals surface area contributed by atoms with Crippen molar-refractivity contribution in [2.75, 3.05) is 6.54 Å². The number of halogens is 4. The van der Waals surface area contributed by atoms with Crippen molar-refractivity contribution >= 4 is 21.8 Å². The number of nitrogens with zero attached hydrogens (tertiary/aromatic N) is 1. The Hall–Kier alpha value is -1.24. The maximum atomic E-state index is 12.3. The summed E-state index contributed by atoms with van der Waals surface area (Å²) in [6, 6.07) is 5.85. The van der Waals surface area contributed by atoms with Crippen LogP contribution >= 0.6 is 15.9 Å². The van der Waals surface area contributed by atoms with Crippen molar-refractivity contribution in [3.63, 3.8) is 0 Å². The zero-order valence-electron chi connectivity index (χ0n) is 9.78. The molecule has 3 nitrogen and oxygen atoms in total. The Bertz CT molecular complexity index is 478. The van der Waals surface area contributed by atoms with E-state index in [2.05, 4.69) is 20.7 Å². The van der Waals surface area contributed by atoms with Crippen LogP contribution in [0.25, 0.3) is 0 Å². The predicted molar refractivity (Wildman–Crippen MR) is 65.9 cm³/mol. The van der Waals surface area contributed by atoms with Crippen LogP contribution in [0.2, 0.25) is 0 Å². The number of para-hydroxylation sites is 1. The summed E-state index contributed by atoms with van der Waals surface area (Å²) >= 11 is 3.33. The number of ether oxygens (including phenoxy) is 1. The highest BCUT2D eigenvalue weighted by Crippen LogP contribution is 2.28. The maximum Gasteiger partial charge on any atom is 0.573 e. The lowest BCUT2D eigenvalue weighted by Gasteiger charge is -2.19. The van der Waals surface area contributed by atoms with Gasteiger partial charge in [0.05, 0.1) is 0 Å². The smallest absolute Gasteiger partial charge is 0.405 e. The Morgan fingerprint density at radius 3 is 2.63 bits per heavy atom. The molecule has 1 fully saturated rings. The van der Waals surface area contributed by atoms with E-state index in [1.807, 2.05) is 0 Å². The van der Waals surface area contributed by atoms with E-state index in [4.69, 9.17) is 0 Å². The molecule has 1 amide bonds. The summed E-state index contributed by atoms with van der Waals surface area (Å²) < 4.78 is 40.7. The van der Waals surface area contributed by atoms with Crippen molar-refractivity contribution in [1.82, 2.24) is 4.90 Å². The third kappa shape index (κ3) is 3.86. The molecule has 1 saturated heterocycles. The molecule has 0 saturated carbocycles. The minimum absolute atomic E-state index is 0.0516. The van der Waals surface area contributed by atoms with Gasteiger partial charge < -0.3 is 9.64 Å². The molecule has 2 rings (SSSR count). The summed E-state index contributed by atoms with van der Waals surface area (Å²) in [7, 11) is 0. The van der Waals surface area contributed by atoms with E-state index in [1.165, 1.54) is 23.1 Å². The Morgan fingerprint density at radius 2 is 2.05 bits per heavy atom.